The number of methoxy groups -OCH3 is 1. The number of rotatable bonds is 7. The van der Waals surface area contributed by atoms with Crippen LogP contribution in [0, 0.1) is 0 Å². The van der Waals surface area contributed by atoms with Crippen LogP contribution in [0.3, 0.4) is 0 Å². The molecule has 0 saturated carbocycles. The average Bonchev–Trinajstić information content (AvgIpc) is 2.35. The van der Waals surface area contributed by atoms with E-state index in [1.165, 1.54) is 24.3 Å². The maximum absolute atomic E-state index is 12.3. The Kier molecular flexibility index (Phi) is 5.49. The van der Waals surface area contributed by atoms with Crippen LogP contribution < -0.4 is 5.32 Å². The van der Waals surface area contributed by atoms with Crippen LogP contribution in [-0.2, 0) is 14.6 Å². The second-order valence-corrected chi connectivity index (χ2v) is 5.52. The molecular formula is C11H15F2NO3S. The summed E-state index contributed by atoms with van der Waals surface area (Å²) >= 11 is 0. The third kappa shape index (κ3) is 3.92. The van der Waals surface area contributed by atoms with Crippen molar-refractivity contribution in [3.63, 3.8) is 0 Å². The number of nitrogens with one attached hydrogen (secondary N) is 1. The lowest BCUT2D eigenvalue weighted by Gasteiger charge is -2.07. The van der Waals surface area contributed by atoms with Crippen LogP contribution >= 0.6 is 0 Å². The van der Waals surface area contributed by atoms with E-state index in [9.17, 15) is 17.2 Å². The van der Waals surface area contributed by atoms with Gasteiger partial charge in [-0.3, -0.25) is 0 Å². The van der Waals surface area contributed by atoms with Crippen molar-refractivity contribution in [1.29, 1.82) is 0 Å². The van der Waals surface area contributed by atoms with Crippen molar-refractivity contribution < 1.29 is 21.9 Å². The zero-order valence-electron chi connectivity index (χ0n) is 9.90. The molecule has 1 aromatic rings. The Morgan fingerprint density at radius 1 is 1.28 bits per heavy atom. The van der Waals surface area contributed by atoms with Gasteiger partial charge >= 0.3 is 5.76 Å². The van der Waals surface area contributed by atoms with Crippen molar-refractivity contribution >= 4 is 15.5 Å². The first-order valence-corrected chi connectivity index (χ1v) is 6.88. The van der Waals surface area contributed by atoms with E-state index >= 15 is 0 Å². The molecule has 4 nitrogen and oxygen atoms in total. The van der Waals surface area contributed by atoms with Crippen LogP contribution in [0.25, 0.3) is 0 Å². The molecule has 0 unspecified atom stereocenters. The minimum Gasteiger partial charge on any atom is -0.385 e. The smallest absolute Gasteiger partial charge is 0.341 e. The Hall–Kier alpha value is -1.21. The number of halogens is 2. The summed E-state index contributed by atoms with van der Waals surface area (Å²) < 4.78 is 51.7. The average molecular weight is 279 g/mol. The second-order valence-electron chi connectivity index (χ2n) is 3.60. The van der Waals surface area contributed by atoms with Gasteiger partial charge in [-0.15, -0.1) is 0 Å². The van der Waals surface area contributed by atoms with E-state index < -0.39 is 15.6 Å². The molecule has 18 heavy (non-hydrogen) atoms. The molecule has 0 atom stereocenters. The first-order valence-electron chi connectivity index (χ1n) is 5.33. The van der Waals surface area contributed by atoms with E-state index in [0.717, 1.165) is 6.42 Å². The third-order valence-corrected chi connectivity index (χ3v) is 3.67. The van der Waals surface area contributed by atoms with Crippen LogP contribution in [0.2, 0.25) is 0 Å². The molecule has 0 aliphatic carbocycles. The number of hydrogen-bond acceptors (Lipinski definition) is 4. The first-order chi connectivity index (χ1) is 8.48. The lowest BCUT2D eigenvalue weighted by atomic mass is 10.3. The molecule has 102 valence electrons. The molecule has 1 N–H and O–H groups in total. The van der Waals surface area contributed by atoms with E-state index in [4.69, 9.17) is 4.74 Å². The number of benzene rings is 1. The maximum atomic E-state index is 12.3. The van der Waals surface area contributed by atoms with Crippen LogP contribution in [0.4, 0.5) is 14.5 Å². The monoisotopic (exact) mass is 279 g/mol. The third-order valence-electron chi connectivity index (χ3n) is 2.27. The molecule has 7 heteroatoms. The molecule has 0 aliphatic heterocycles. The standard InChI is InChI=1S/C11H15F2NO3S/c1-17-8-2-7-14-9-3-5-10(6-4-9)18(15,16)11(12)13/h3-6,11,14H,2,7-8H2,1H3. The molecule has 0 aliphatic rings. The fraction of sp³-hybridized carbons (Fsp3) is 0.455. The zero-order valence-corrected chi connectivity index (χ0v) is 10.7. The second kappa shape index (κ2) is 6.65. The molecule has 0 radical (unpaired) electrons. The fourth-order valence-electron chi connectivity index (χ4n) is 1.31. The molecule has 1 rings (SSSR count). The summed E-state index contributed by atoms with van der Waals surface area (Å²) in [4.78, 5) is -0.375. The van der Waals surface area contributed by atoms with Gasteiger partial charge in [-0.1, -0.05) is 0 Å². The number of anilines is 1. The van der Waals surface area contributed by atoms with Crippen molar-refractivity contribution in [2.24, 2.45) is 0 Å². The summed E-state index contributed by atoms with van der Waals surface area (Å²) in [5.74, 6) is -3.39. The summed E-state index contributed by atoms with van der Waals surface area (Å²) in [7, 11) is -2.90. The van der Waals surface area contributed by atoms with E-state index in [0.29, 0.717) is 18.8 Å². The number of ether oxygens (including phenoxy) is 1. The largest absolute Gasteiger partial charge is 0.385 e. The van der Waals surface area contributed by atoms with Gasteiger partial charge in [-0.2, -0.15) is 8.78 Å². The van der Waals surface area contributed by atoms with Crippen molar-refractivity contribution in [1.82, 2.24) is 0 Å². The summed E-state index contributed by atoms with van der Waals surface area (Å²) in [6, 6.07) is 5.25. The van der Waals surface area contributed by atoms with Gasteiger partial charge in [0.1, 0.15) is 0 Å². The van der Waals surface area contributed by atoms with E-state index in [2.05, 4.69) is 5.32 Å². The molecule has 0 spiro atoms. The highest BCUT2D eigenvalue weighted by atomic mass is 32.2. The predicted octanol–water partition coefficient (Wildman–Crippen LogP) is 2.13. The Bertz CT molecular complexity index is 460. The van der Waals surface area contributed by atoms with Crippen molar-refractivity contribution in [3.8, 4) is 0 Å². The van der Waals surface area contributed by atoms with Gasteiger partial charge in [0.15, 0.2) is 0 Å². The lowest BCUT2D eigenvalue weighted by Crippen LogP contribution is -2.11. The highest BCUT2D eigenvalue weighted by molar-refractivity contribution is 7.91. The Balaban J connectivity index is 2.63. The molecule has 1 aromatic carbocycles. The highest BCUT2D eigenvalue weighted by Gasteiger charge is 2.26. The Morgan fingerprint density at radius 3 is 2.39 bits per heavy atom. The summed E-state index contributed by atoms with van der Waals surface area (Å²) in [5.41, 5.74) is 0.680. The molecule has 0 saturated heterocycles. The normalized spacial score (nSPS) is 11.8. The zero-order chi connectivity index (χ0) is 13.6. The fourth-order valence-corrected chi connectivity index (χ4v) is 2.04. The summed E-state index contributed by atoms with van der Waals surface area (Å²) in [6.07, 6.45) is 0.799. The van der Waals surface area contributed by atoms with E-state index in [1.807, 2.05) is 0 Å². The molecular weight excluding hydrogens is 264 g/mol. The Morgan fingerprint density at radius 2 is 1.89 bits per heavy atom. The molecule has 0 amide bonds. The lowest BCUT2D eigenvalue weighted by molar-refractivity contribution is 0.198. The maximum Gasteiger partial charge on any atom is 0.341 e. The molecule has 0 aromatic heterocycles. The minimum atomic E-state index is -4.50. The van der Waals surface area contributed by atoms with E-state index in [-0.39, 0.29) is 4.90 Å². The van der Waals surface area contributed by atoms with Gasteiger partial charge in [0.05, 0.1) is 4.90 Å². The first kappa shape index (κ1) is 14.8. The minimum absolute atomic E-state index is 0.375. The predicted molar refractivity (Wildman–Crippen MR) is 64.6 cm³/mol. The van der Waals surface area contributed by atoms with Crippen molar-refractivity contribution in [3.05, 3.63) is 24.3 Å². The van der Waals surface area contributed by atoms with Crippen LogP contribution in [0.1, 0.15) is 6.42 Å². The number of alkyl halides is 2. The van der Waals surface area contributed by atoms with Crippen LogP contribution in [-0.4, -0.2) is 34.4 Å². The van der Waals surface area contributed by atoms with Crippen LogP contribution in [0.15, 0.2) is 29.2 Å². The van der Waals surface area contributed by atoms with Gasteiger partial charge in [0.2, 0.25) is 9.84 Å². The van der Waals surface area contributed by atoms with Crippen LogP contribution in [0.5, 0.6) is 0 Å². The highest BCUT2D eigenvalue weighted by Crippen LogP contribution is 2.20. The summed E-state index contributed by atoms with van der Waals surface area (Å²) in [6.45, 7) is 1.28. The quantitative estimate of drug-likeness (QED) is 0.777. The van der Waals surface area contributed by atoms with Gasteiger partial charge in [0.25, 0.3) is 0 Å². The number of hydrogen-bond donors (Lipinski definition) is 1. The number of sulfone groups is 1. The Labute approximate surface area is 105 Å². The van der Waals surface area contributed by atoms with Gasteiger partial charge < -0.3 is 10.1 Å². The van der Waals surface area contributed by atoms with Gasteiger partial charge in [-0.25, -0.2) is 8.42 Å². The van der Waals surface area contributed by atoms with E-state index in [1.54, 1.807) is 7.11 Å². The molecule has 0 fully saturated rings. The van der Waals surface area contributed by atoms with Crippen molar-refractivity contribution in [2.75, 3.05) is 25.6 Å². The van der Waals surface area contributed by atoms with Crippen molar-refractivity contribution in [2.45, 2.75) is 17.1 Å². The SMILES string of the molecule is COCCCNc1ccc(S(=O)(=O)C(F)F)cc1. The summed E-state index contributed by atoms with van der Waals surface area (Å²) in [5, 5.41) is 3.03. The topological polar surface area (TPSA) is 55.4 Å². The van der Waals surface area contributed by atoms with Gasteiger partial charge in [0, 0.05) is 25.9 Å². The molecule has 0 bridgehead atoms. The van der Waals surface area contributed by atoms with Gasteiger partial charge in [-0.05, 0) is 30.7 Å². The molecule has 0 heterocycles.